The van der Waals surface area contributed by atoms with Crippen LogP contribution in [0.1, 0.15) is 18.5 Å². The lowest BCUT2D eigenvalue weighted by Crippen LogP contribution is -2.40. The van der Waals surface area contributed by atoms with Crippen molar-refractivity contribution in [1.82, 2.24) is 15.3 Å². The van der Waals surface area contributed by atoms with E-state index in [0.717, 1.165) is 31.1 Å². The number of hydrogen-bond acceptors (Lipinski definition) is 5. The fourth-order valence-electron chi connectivity index (χ4n) is 3.73. The number of para-hydroxylation sites is 1. The SMILES string of the molecule is Cc1cc(N2C[C@@H]3CCCN[C@@H]3C2)nc(-c2ccccc2O)n1. The molecule has 4 rings (SSSR count). The fourth-order valence-corrected chi connectivity index (χ4v) is 3.73. The van der Waals surface area contributed by atoms with Crippen molar-refractivity contribution in [2.24, 2.45) is 5.92 Å². The zero-order chi connectivity index (χ0) is 15.8. The molecule has 2 aliphatic heterocycles. The largest absolute Gasteiger partial charge is 0.507 e. The van der Waals surface area contributed by atoms with E-state index in [2.05, 4.69) is 15.2 Å². The summed E-state index contributed by atoms with van der Waals surface area (Å²) in [7, 11) is 0. The molecule has 23 heavy (non-hydrogen) atoms. The molecule has 2 fully saturated rings. The van der Waals surface area contributed by atoms with E-state index in [9.17, 15) is 5.11 Å². The molecule has 2 saturated heterocycles. The quantitative estimate of drug-likeness (QED) is 0.891. The number of phenols is 1. The van der Waals surface area contributed by atoms with E-state index in [1.807, 2.05) is 31.2 Å². The fraction of sp³-hybridized carbons (Fsp3) is 0.444. The maximum Gasteiger partial charge on any atom is 0.165 e. The summed E-state index contributed by atoms with van der Waals surface area (Å²) >= 11 is 0. The summed E-state index contributed by atoms with van der Waals surface area (Å²) in [6.45, 7) is 5.16. The van der Waals surface area contributed by atoms with Gasteiger partial charge in [0.25, 0.3) is 0 Å². The Hall–Kier alpha value is -2.14. The van der Waals surface area contributed by atoms with Crippen LogP contribution >= 0.6 is 0 Å². The number of hydrogen-bond donors (Lipinski definition) is 2. The van der Waals surface area contributed by atoms with Crippen LogP contribution in [0, 0.1) is 12.8 Å². The first kappa shape index (κ1) is 14.5. The van der Waals surface area contributed by atoms with Gasteiger partial charge in [-0.25, -0.2) is 9.97 Å². The minimum absolute atomic E-state index is 0.223. The number of benzene rings is 1. The summed E-state index contributed by atoms with van der Waals surface area (Å²) in [5.41, 5.74) is 1.61. The highest BCUT2D eigenvalue weighted by Gasteiger charge is 2.35. The lowest BCUT2D eigenvalue weighted by Gasteiger charge is -2.24. The average molecular weight is 310 g/mol. The van der Waals surface area contributed by atoms with Gasteiger partial charge in [-0.2, -0.15) is 0 Å². The van der Waals surface area contributed by atoms with Crippen molar-refractivity contribution in [2.45, 2.75) is 25.8 Å². The van der Waals surface area contributed by atoms with Gasteiger partial charge >= 0.3 is 0 Å². The van der Waals surface area contributed by atoms with E-state index in [-0.39, 0.29) is 5.75 Å². The minimum atomic E-state index is 0.223. The number of nitrogens with zero attached hydrogens (tertiary/aromatic N) is 3. The predicted octanol–water partition coefficient (Wildman–Crippen LogP) is 2.35. The number of aromatic hydroxyl groups is 1. The van der Waals surface area contributed by atoms with Crippen LogP contribution in [0.4, 0.5) is 5.82 Å². The molecule has 2 aliphatic rings. The molecule has 1 aromatic carbocycles. The molecule has 120 valence electrons. The van der Waals surface area contributed by atoms with Crippen molar-refractivity contribution >= 4 is 5.82 Å². The van der Waals surface area contributed by atoms with Gasteiger partial charge in [-0.1, -0.05) is 12.1 Å². The molecule has 5 nitrogen and oxygen atoms in total. The lowest BCUT2D eigenvalue weighted by atomic mass is 9.94. The number of phenolic OH excluding ortho intramolecular Hbond substituents is 1. The Balaban J connectivity index is 1.66. The minimum Gasteiger partial charge on any atom is -0.507 e. The molecule has 0 radical (unpaired) electrons. The number of fused-ring (bicyclic) bond motifs is 1. The third kappa shape index (κ3) is 2.77. The predicted molar refractivity (Wildman–Crippen MR) is 90.6 cm³/mol. The van der Waals surface area contributed by atoms with Gasteiger partial charge in [0.15, 0.2) is 5.82 Å². The molecule has 0 spiro atoms. The summed E-state index contributed by atoms with van der Waals surface area (Å²) < 4.78 is 0. The van der Waals surface area contributed by atoms with Gasteiger partial charge in [-0.05, 0) is 44.4 Å². The summed E-state index contributed by atoms with van der Waals surface area (Å²) in [6.07, 6.45) is 2.56. The van der Waals surface area contributed by atoms with Crippen molar-refractivity contribution in [2.75, 3.05) is 24.5 Å². The average Bonchev–Trinajstić information content (AvgIpc) is 2.99. The van der Waals surface area contributed by atoms with E-state index in [4.69, 9.17) is 4.98 Å². The summed E-state index contributed by atoms with van der Waals surface area (Å²) in [5.74, 6) is 2.50. The third-order valence-electron chi connectivity index (χ3n) is 4.91. The van der Waals surface area contributed by atoms with Gasteiger partial charge in [0.1, 0.15) is 11.6 Å². The molecule has 0 unspecified atom stereocenters. The van der Waals surface area contributed by atoms with E-state index in [1.165, 1.54) is 12.8 Å². The van der Waals surface area contributed by atoms with Gasteiger partial charge in [0.2, 0.25) is 0 Å². The Bertz CT molecular complexity index is 704. The standard InChI is InChI=1S/C18H22N4O/c1-12-9-17(22-10-13-5-4-8-19-15(13)11-22)21-18(20-12)14-6-2-3-7-16(14)23/h2-3,6-7,9,13,15,19,23H,4-5,8,10-11H2,1H3/t13-,15+/m0/s1. The van der Waals surface area contributed by atoms with E-state index >= 15 is 0 Å². The van der Waals surface area contributed by atoms with Crippen molar-refractivity contribution in [3.05, 3.63) is 36.0 Å². The van der Waals surface area contributed by atoms with Crippen LogP contribution in [0.5, 0.6) is 5.75 Å². The van der Waals surface area contributed by atoms with E-state index < -0.39 is 0 Å². The molecular weight excluding hydrogens is 288 g/mol. The van der Waals surface area contributed by atoms with Crippen molar-refractivity contribution in [1.29, 1.82) is 0 Å². The van der Waals surface area contributed by atoms with Crippen LogP contribution in [0.2, 0.25) is 0 Å². The number of piperidine rings is 1. The van der Waals surface area contributed by atoms with Crippen molar-refractivity contribution < 1.29 is 5.11 Å². The highest BCUT2D eigenvalue weighted by Crippen LogP contribution is 2.31. The molecule has 5 heteroatoms. The first-order chi connectivity index (χ1) is 11.2. The second kappa shape index (κ2) is 5.81. The zero-order valence-corrected chi connectivity index (χ0v) is 13.4. The highest BCUT2D eigenvalue weighted by molar-refractivity contribution is 5.65. The second-order valence-corrected chi connectivity index (χ2v) is 6.58. The summed E-state index contributed by atoms with van der Waals surface area (Å²) in [6, 6.07) is 9.86. The molecule has 0 bridgehead atoms. The normalized spacial score (nSPS) is 23.8. The van der Waals surface area contributed by atoms with E-state index in [1.54, 1.807) is 6.07 Å². The molecule has 0 saturated carbocycles. The topological polar surface area (TPSA) is 61.3 Å². The van der Waals surface area contributed by atoms with Crippen LogP contribution in [0.15, 0.2) is 30.3 Å². The number of aryl methyl sites for hydroxylation is 1. The third-order valence-corrected chi connectivity index (χ3v) is 4.91. The van der Waals surface area contributed by atoms with Crippen LogP contribution in [0.3, 0.4) is 0 Å². The monoisotopic (exact) mass is 310 g/mol. The Morgan fingerprint density at radius 3 is 2.91 bits per heavy atom. The van der Waals surface area contributed by atoms with Gasteiger partial charge in [0, 0.05) is 30.9 Å². The van der Waals surface area contributed by atoms with Crippen LogP contribution in [-0.4, -0.2) is 40.8 Å². The Kier molecular flexibility index (Phi) is 3.65. The maximum absolute atomic E-state index is 10.1. The number of anilines is 1. The molecule has 3 heterocycles. The molecule has 2 atom stereocenters. The lowest BCUT2D eigenvalue weighted by molar-refractivity contribution is 0.340. The van der Waals surface area contributed by atoms with Gasteiger partial charge < -0.3 is 15.3 Å². The summed E-state index contributed by atoms with van der Waals surface area (Å²) in [5, 5.41) is 13.7. The van der Waals surface area contributed by atoms with Crippen molar-refractivity contribution in [3.8, 4) is 17.1 Å². The zero-order valence-electron chi connectivity index (χ0n) is 13.4. The first-order valence-corrected chi connectivity index (χ1v) is 8.33. The van der Waals surface area contributed by atoms with Crippen LogP contribution in [-0.2, 0) is 0 Å². The van der Waals surface area contributed by atoms with Crippen LogP contribution < -0.4 is 10.2 Å². The molecular formula is C18H22N4O. The smallest absolute Gasteiger partial charge is 0.165 e. The highest BCUT2D eigenvalue weighted by atomic mass is 16.3. The number of aromatic nitrogens is 2. The maximum atomic E-state index is 10.1. The molecule has 2 aromatic rings. The first-order valence-electron chi connectivity index (χ1n) is 8.33. The molecule has 2 N–H and O–H groups in total. The molecule has 0 aliphatic carbocycles. The Morgan fingerprint density at radius 2 is 2.09 bits per heavy atom. The Morgan fingerprint density at radius 1 is 1.22 bits per heavy atom. The molecule has 0 amide bonds. The van der Waals surface area contributed by atoms with Gasteiger partial charge in [-0.3, -0.25) is 0 Å². The number of nitrogens with one attached hydrogen (secondary N) is 1. The van der Waals surface area contributed by atoms with Crippen LogP contribution in [0.25, 0.3) is 11.4 Å². The molecule has 1 aromatic heterocycles. The van der Waals surface area contributed by atoms with Crippen molar-refractivity contribution in [3.63, 3.8) is 0 Å². The number of rotatable bonds is 2. The Labute approximate surface area is 136 Å². The second-order valence-electron chi connectivity index (χ2n) is 6.58. The van der Waals surface area contributed by atoms with Gasteiger partial charge in [-0.15, -0.1) is 0 Å². The van der Waals surface area contributed by atoms with Gasteiger partial charge in [0.05, 0.1) is 5.56 Å². The van der Waals surface area contributed by atoms with E-state index in [0.29, 0.717) is 23.3 Å². The summed E-state index contributed by atoms with van der Waals surface area (Å²) in [4.78, 5) is 11.6.